The number of nitrogens with one attached hydrogen (secondary N) is 1. The van der Waals surface area contributed by atoms with Crippen LogP contribution < -0.4 is 15.8 Å². The van der Waals surface area contributed by atoms with E-state index >= 15 is 0 Å². The van der Waals surface area contributed by atoms with Crippen LogP contribution in [0.4, 0.5) is 10.5 Å². The van der Waals surface area contributed by atoms with Gasteiger partial charge < -0.3 is 15.8 Å². The van der Waals surface area contributed by atoms with Crippen LogP contribution in [0.25, 0.3) is 21.9 Å². The number of amides is 2. The number of rotatable bonds is 5. The van der Waals surface area contributed by atoms with Gasteiger partial charge in [-0.1, -0.05) is 60.1 Å². The Morgan fingerprint density at radius 3 is 2.28 bits per heavy atom. The molecule has 0 aliphatic rings. The molecule has 0 unspecified atom stereocenters. The molecule has 5 heteroatoms. The summed E-state index contributed by atoms with van der Waals surface area (Å²) in [6.07, 6.45) is 0. The molecule has 0 fully saturated rings. The van der Waals surface area contributed by atoms with E-state index < -0.39 is 6.03 Å². The second-order valence-electron chi connectivity index (χ2n) is 6.67. The van der Waals surface area contributed by atoms with Gasteiger partial charge in [-0.3, -0.25) is 0 Å². The first kappa shape index (κ1) is 18.8. The fraction of sp³-hybridized carbons (Fsp3) is 0.0417. The van der Waals surface area contributed by atoms with Crippen molar-refractivity contribution in [3.63, 3.8) is 0 Å². The number of anilines is 1. The van der Waals surface area contributed by atoms with E-state index in [1.54, 1.807) is 6.07 Å². The second kappa shape index (κ2) is 8.25. The molecule has 0 saturated carbocycles. The van der Waals surface area contributed by atoms with E-state index in [2.05, 4.69) is 29.6 Å². The number of halogens is 1. The van der Waals surface area contributed by atoms with E-state index in [1.807, 2.05) is 54.6 Å². The molecule has 0 spiro atoms. The molecule has 4 rings (SSSR count). The zero-order valence-corrected chi connectivity index (χ0v) is 16.3. The second-order valence-corrected chi connectivity index (χ2v) is 7.11. The molecule has 0 atom stereocenters. The van der Waals surface area contributed by atoms with Gasteiger partial charge in [0.05, 0.1) is 0 Å². The average molecular weight is 403 g/mol. The number of hydrogen-bond acceptors (Lipinski definition) is 2. The van der Waals surface area contributed by atoms with Gasteiger partial charge in [-0.15, -0.1) is 0 Å². The Bertz CT molecular complexity index is 1160. The van der Waals surface area contributed by atoms with Crippen molar-refractivity contribution < 1.29 is 9.53 Å². The lowest BCUT2D eigenvalue weighted by molar-refractivity contribution is 0.259. The molecule has 4 aromatic carbocycles. The number of ether oxygens (including phenoxy) is 1. The number of nitrogens with two attached hydrogens (primary N) is 1. The van der Waals surface area contributed by atoms with Crippen molar-refractivity contribution in [3.8, 4) is 16.9 Å². The maximum atomic E-state index is 11.0. The summed E-state index contributed by atoms with van der Waals surface area (Å²) in [5.41, 5.74) is 9.16. The van der Waals surface area contributed by atoms with Crippen molar-refractivity contribution in [2.45, 2.75) is 6.61 Å². The van der Waals surface area contributed by atoms with Crippen molar-refractivity contribution in [2.75, 3.05) is 5.32 Å². The standard InChI is InChI=1S/C24H19ClN2O2/c25-20-10-8-18(9-11-20)17-6-4-16(5-7-17)15-29-23-3-1-2-19-14-21(27-24(26)28)12-13-22(19)23/h1-14H,15H2,(H3,26,27,28). The largest absolute Gasteiger partial charge is 0.488 e. The Balaban J connectivity index is 1.49. The first-order valence-electron chi connectivity index (χ1n) is 9.15. The van der Waals surface area contributed by atoms with Crippen molar-refractivity contribution in [1.82, 2.24) is 0 Å². The third-order valence-electron chi connectivity index (χ3n) is 4.63. The van der Waals surface area contributed by atoms with Gasteiger partial charge in [0, 0.05) is 16.1 Å². The molecule has 0 aliphatic heterocycles. The monoisotopic (exact) mass is 402 g/mol. The van der Waals surface area contributed by atoms with Gasteiger partial charge in [-0.25, -0.2) is 4.79 Å². The molecule has 0 bridgehead atoms. The molecule has 4 nitrogen and oxygen atoms in total. The summed E-state index contributed by atoms with van der Waals surface area (Å²) < 4.78 is 6.06. The SMILES string of the molecule is NC(=O)Nc1ccc2c(OCc3ccc(-c4ccc(Cl)cc4)cc3)cccc2c1. The maximum absolute atomic E-state index is 11.0. The molecule has 0 radical (unpaired) electrons. The molecular weight excluding hydrogens is 384 g/mol. The summed E-state index contributed by atoms with van der Waals surface area (Å²) in [6.45, 7) is 0.460. The minimum absolute atomic E-state index is 0.460. The average Bonchev–Trinajstić information content (AvgIpc) is 2.72. The minimum Gasteiger partial charge on any atom is -0.488 e. The molecule has 29 heavy (non-hydrogen) atoms. The van der Waals surface area contributed by atoms with Crippen LogP contribution in [0.1, 0.15) is 5.56 Å². The van der Waals surface area contributed by atoms with Crippen LogP contribution >= 0.6 is 11.6 Å². The van der Waals surface area contributed by atoms with Crippen molar-refractivity contribution in [2.24, 2.45) is 5.73 Å². The number of carbonyl (C=O) groups excluding carboxylic acids is 1. The molecule has 0 aliphatic carbocycles. The molecule has 3 N–H and O–H groups in total. The first-order valence-corrected chi connectivity index (χ1v) is 9.53. The topological polar surface area (TPSA) is 64.4 Å². The smallest absolute Gasteiger partial charge is 0.316 e. The predicted molar refractivity (Wildman–Crippen MR) is 118 cm³/mol. The van der Waals surface area contributed by atoms with Crippen molar-refractivity contribution >= 4 is 34.1 Å². The summed E-state index contributed by atoms with van der Waals surface area (Å²) in [5, 5.41) is 5.25. The van der Waals surface area contributed by atoms with Crippen molar-refractivity contribution in [1.29, 1.82) is 0 Å². The van der Waals surface area contributed by atoms with Crippen molar-refractivity contribution in [3.05, 3.63) is 95.5 Å². The number of carbonyl (C=O) groups is 1. The number of benzene rings is 4. The normalized spacial score (nSPS) is 10.7. The fourth-order valence-corrected chi connectivity index (χ4v) is 3.32. The summed E-state index contributed by atoms with van der Waals surface area (Å²) in [5.74, 6) is 0.787. The highest BCUT2D eigenvalue weighted by atomic mass is 35.5. The Hall–Kier alpha value is -3.50. The number of urea groups is 1. The Labute approximate surface area is 173 Å². The van der Waals surface area contributed by atoms with Gasteiger partial charge in [0.1, 0.15) is 12.4 Å². The Morgan fingerprint density at radius 2 is 1.59 bits per heavy atom. The third-order valence-corrected chi connectivity index (χ3v) is 4.89. The van der Waals surface area contributed by atoms with Gasteiger partial charge in [-0.05, 0) is 58.5 Å². The van der Waals surface area contributed by atoms with Gasteiger partial charge >= 0.3 is 6.03 Å². The van der Waals surface area contributed by atoms with Gasteiger partial charge in [0.15, 0.2) is 0 Å². The molecule has 0 heterocycles. The van der Waals surface area contributed by atoms with Crippen LogP contribution in [-0.2, 0) is 6.61 Å². The van der Waals surface area contributed by atoms with E-state index in [1.165, 1.54) is 0 Å². The summed E-state index contributed by atoms with van der Waals surface area (Å²) >= 11 is 5.96. The van der Waals surface area contributed by atoms with E-state index in [0.29, 0.717) is 12.3 Å². The quantitative estimate of drug-likeness (QED) is 0.415. The van der Waals surface area contributed by atoms with Crippen LogP contribution in [0.3, 0.4) is 0 Å². The predicted octanol–water partition coefficient (Wildman–Crippen LogP) is 6.23. The van der Waals surface area contributed by atoms with E-state index in [-0.39, 0.29) is 0 Å². The lowest BCUT2D eigenvalue weighted by Gasteiger charge is -2.11. The third kappa shape index (κ3) is 4.50. The van der Waals surface area contributed by atoms with Crippen LogP contribution in [0.2, 0.25) is 5.02 Å². The zero-order chi connectivity index (χ0) is 20.2. The Morgan fingerprint density at radius 1 is 0.897 bits per heavy atom. The van der Waals surface area contributed by atoms with Gasteiger partial charge in [-0.2, -0.15) is 0 Å². The summed E-state index contributed by atoms with van der Waals surface area (Å²) in [6, 6.07) is 26.9. The van der Waals surface area contributed by atoms with Crippen LogP contribution in [-0.4, -0.2) is 6.03 Å². The van der Waals surface area contributed by atoms with E-state index in [0.717, 1.165) is 38.2 Å². The molecule has 144 valence electrons. The van der Waals surface area contributed by atoms with E-state index in [9.17, 15) is 4.79 Å². The lowest BCUT2D eigenvalue weighted by Crippen LogP contribution is -2.19. The zero-order valence-electron chi connectivity index (χ0n) is 15.6. The van der Waals surface area contributed by atoms with Crippen LogP contribution in [0, 0.1) is 0 Å². The molecular formula is C24H19ClN2O2. The summed E-state index contributed by atoms with van der Waals surface area (Å²) in [4.78, 5) is 11.0. The van der Waals surface area contributed by atoms with Crippen LogP contribution in [0.15, 0.2) is 84.9 Å². The minimum atomic E-state index is -0.584. The Kier molecular flexibility index (Phi) is 5.36. The lowest BCUT2D eigenvalue weighted by atomic mass is 10.0. The first-order chi connectivity index (χ1) is 14.1. The summed E-state index contributed by atoms with van der Waals surface area (Å²) in [7, 11) is 0. The highest BCUT2D eigenvalue weighted by Crippen LogP contribution is 2.29. The molecule has 0 saturated heterocycles. The molecule has 4 aromatic rings. The molecule has 2 amide bonds. The highest BCUT2D eigenvalue weighted by Gasteiger charge is 2.05. The van der Waals surface area contributed by atoms with Crippen LogP contribution in [0.5, 0.6) is 5.75 Å². The number of fused-ring (bicyclic) bond motifs is 1. The maximum Gasteiger partial charge on any atom is 0.316 e. The van der Waals surface area contributed by atoms with Gasteiger partial charge in [0.2, 0.25) is 0 Å². The number of primary amides is 1. The number of hydrogen-bond donors (Lipinski definition) is 2. The van der Waals surface area contributed by atoms with Gasteiger partial charge in [0.25, 0.3) is 0 Å². The molecule has 0 aromatic heterocycles. The van der Waals surface area contributed by atoms with E-state index in [4.69, 9.17) is 22.1 Å². The fourth-order valence-electron chi connectivity index (χ4n) is 3.20. The highest BCUT2D eigenvalue weighted by molar-refractivity contribution is 6.30.